The molecule has 3 rings (SSSR count). The van der Waals surface area contributed by atoms with Crippen LogP contribution in [0.3, 0.4) is 0 Å². The molecule has 1 aliphatic heterocycles. The van der Waals surface area contributed by atoms with E-state index in [0.29, 0.717) is 12.8 Å². The molecular formula is C32H44N2O6. The SMILES string of the molecule is COC(=O)CC1CCc2cc(C)cc(C(CC(C)C)NC(=O)[C@H](CC(C)C)NC(=O)OCc3ccccc3)c2O1. The van der Waals surface area contributed by atoms with Gasteiger partial charge >= 0.3 is 12.1 Å². The van der Waals surface area contributed by atoms with Crippen molar-refractivity contribution < 1.29 is 28.6 Å². The predicted molar refractivity (Wildman–Crippen MR) is 154 cm³/mol. The van der Waals surface area contributed by atoms with Gasteiger partial charge in [-0.2, -0.15) is 0 Å². The first-order valence-electron chi connectivity index (χ1n) is 14.2. The Balaban J connectivity index is 1.80. The van der Waals surface area contributed by atoms with E-state index in [0.717, 1.165) is 40.8 Å². The van der Waals surface area contributed by atoms with Crippen LogP contribution in [0.4, 0.5) is 4.79 Å². The molecule has 0 radical (unpaired) electrons. The first-order chi connectivity index (χ1) is 19.0. The molecule has 0 spiro atoms. The fourth-order valence-electron chi connectivity index (χ4n) is 5.04. The second-order valence-electron chi connectivity index (χ2n) is 11.5. The van der Waals surface area contributed by atoms with E-state index in [1.165, 1.54) is 7.11 Å². The minimum atomic E-state index is -0.758. The molecule has 2 aromatic carbocycles. The van der Waals surface area contributed by atoms with Crippen molar-refractivity contribution in [3.8, 4) is 5.75 Å². The molecule has 2 N–H and O–H groups in total. The Morgan fingerprint density at radius 1 is 1.00 bits per heavy atom. The van der Waals surface area contributed by atoms with Crippen LogP contribution in [0.1, 0.15) is 81.7 Å². The van der Waals surface area contributed by atoms with Gasteiger partial charge in [0.25, 0.3) is 0 Å². The average molecular weight is 553 g/mol. The quantitative estimate of drug-likeness (QED) is 0.323. The van der Waals surface area contributed by atoms with Gasteiger partial charge in [0.05, 0.1) is 19.6 Å². The van der Waals surface area contributed by atoms with E-state index in [1.807, 2.05) is 57.2 Å². The van der Waals surface area contributed by atoms with Crippen LogP contribution in [0.2, 0.25) is 0 Å². The average Bonchev–Trinajstić information content (AvgIpc) is 2.90. The third-order valence-corrected chi connectivity index (χ3v) is 6.91. The number of ether oxygens (including phenoxy) is 3. The van der Waals surface area contributed by atoms with E-state index in [9.17, 15) is 14.4 Å². The fourth-order valence-corrected chi connectivity index (χ4v) is 5.04. The molecule has 0 saturated carbocycles. The van der Waals surface area contributed by atoms with E-state index in [-0.39, 0.29) is 48.9 Å². The number of amides is 2. The molecule has 3 atom stereocenters. The van der Waals surface area contributed by atoms with Crippen molar-refractivity contribution in [3.63, 3.8) is 0 Å². The van der Waals surface area contributed by atoms with Crippen molar-refractivity contribution in [2.24, 2.45) is 11.8 Å². The van der Waals surface area contributed by atoms with E-state index < -0.39 is 12.1 Å². The van der Waals surface area contributed by atoms with Crippen LogP contribution in [0.5, 0.6) is 5.75 Å². The van der Waals surface area contributed by atoms with Crippen molar-refractivity contribution in [1.29, 1.82) is 0 Å². The summed E-state index contributed by atoms with van der Waals surface area (Å²) in [6.07, 6.45) is 1.90. The summed E-state index contributed by atoms with van der Waals surface area (Å²) in [5, 5.41) is 5.99. The summed E-state index contributed by atoms with van der Waals surface area (Å²) in [5.74, 6) is 0.600. The van der Waals surface area contributed by atoms with Gasteiger partial charge in [0, 0.05) is 5.56 Å². The van der Waals surface area contributed by atoms with Crippen LogP contribution in [-0.2, 0) is 32.1 Å². The number of benzene rings is 2. The van der Waals surface area contributed by atoms with Crippen LogP contribution >= 0.6 is 0 Å². The molecule has 0 bridgehead atoms. The molecule has 0 fully saturated rings. The van der Waals surface area contributed by atoms with Crippen LogP contribution in [0.25, 0.3) is 0 Å². The Labute approximate surface area is 238 Å². The van der Waals surface area contributed by atoms with Gasteiger partial charge < -0.3 is 24.8 Å². The number of carbonyl (C=O) groups excluding carboxylic acids is 3. The normalized spacial score (nSPS) is 15.9. The molecule has 2 amide bonds. The smallest absolute Gasteiger partial charge is 0.408 e. The van der Waals surface area contributed by atoms with Crippen molar-refractivity contribution in [2.75, 3.05) is 7.11 Å². The standard InChI is InChI=1S/C32H44N2O6/c1-20(2)14-27(26-17-22(5)16-24-12-13-25(40-30(24)26)18-29(35)38-6)33-31(36)28(15-21(3)4)34-32(37)39-19-23-10-8-7-9-11-23/h7-11,16-17,20-21,25,27-28H,12-15,18-19H2,1-6H3,(H,33,36)(H,34,37)/t25?,27?,28-/m0/s1. The van der Waals surface area contributed by atoms with Crippen molar-refractivity contribution >= 4 is 18.0 Å². The molecular weight excluding hydrogens is 508 g/mol. The summed E-state index contributed by atoms with van der Waals surface area (Å²) < 4.78 is 16.6. The zero-order valence-corrected chi connectivity index (χ0v) is 24.6. The minimum absolute atomic E-state index is 0.123. The second kappa shape index (κ2) is 14.7. The summed E-state index contributed by atoms with van der Waals surface area (Å²) in [7, 11) is 1.38. The molecule has 8 nitrogen and oxygen atoms in total. The van der Waals surface area contributed by atoms with Crippen molar-refractivity contribution in [3.05, 3.63) is 64.7 Å². The Bertz CT molecular complexity index is 1150. The lowest BCUT2D eigenvalue weighted by Gasteiger charge is -2.32. The lowest BCUT2D eigenvalue weighted by atomic mass is 9.89. The first kappa shape index (κ1) is 31.0. The molecule has 1 heterocycles. The van der Waals surface area contributed by atoms with Crippen LogP contribution in [0.15, 0.2) is 42.5 Å². The number of aryl methyl sites for hydroxylation is 2. The van der Waals surface area contributed by atoms with Crippen molar-refractivity contribution in [2.45, 2.75) is 91.5 Å². The highest BCUT2D eigenvalue weighted by atomic mass is 16.5. The number of rotatable bonds is 12. The minimum Gasteiger partial charge on any atom is -0.489 e. The number of fused-ring (bicyclic) bond motifs is 1. The molecule has 0 aromatic heterocycles. The van der Waals surface area contributed by atoms with Crippen LogP contribution in [0, 0.1) is 18.8 Å². The largest absolute Gasteiger partial charge is 0.489 e. The highest BCUT2D eigenvalue weighted by Gasteiger charge is 2.31. The van der Waals surface area contributed by atoms with Gasteiger partial charge in [-0.1, -0.05) is 75.7 Å². The molecule has 2 aromatic rings. The molecule has 218 valence electrons. The van der Waals surface area contributed by atoms with E-state index in [4.69, 9.17) is 14.2 Å². The number of nitrogens with one attached hydrogen (secondary N) is 2. The van der Waals surface area contributed by atoms with Crippen molar-refractivity contribution in [1.82, 2.24) is 10.6 Å². The van der Waals surface area contributed by atoms with Gasteiger partial charge in [-0.25, -0.2) is 4.79 Å². The highest BCUT2D eigenvalue weighted by Crippen LogP contribution is 2.38. The number of hydrogen-bond donors (Lipinski definition) is 2. The molecule has 8 heteroatoms. The number of esters is 1. The topological polar surface area (TPSA) is 103 Å². The molecule has 40 heavy (non-hydrogen) atoms. The van der Waals surface area contributed by atoms with E-state index in [2.05, 4.69) is 30.5 Å². The molecule has 2 unspecified atom stereocenters. The second-order valence-corrected chi connectivity index (χ2v) is 11.5. The fraction of sp³-hybridized carbons (Fsp3) is 0.531. The van der Waals surface area contributed by atoms with Gasteiger partial charge in [-0.05, 0) is 55.6 Å². The van der Waals surface area contributed by atoms with E-state index in [1.54, 1.807) is 0 Å². The number of alkyl carbamates (subject to hydrolysis) is 1. The Morgan fingerprint density at radius 3 is 2.35 bits per heavy atom. The Morgan fingerprint density at radius 2 is 1.70 bits per heavy atom. The van der Waals surface area contributed by atoms with Gasteiger partial charge in [-0.3, -0.25) is 9.59 Å². The van der Waals surface area contributed by atoms with Crippen LogP contribution in [-0.4, -0.2) is 37.2 Å². The summed E-state index contributed by atoms with van der Waals surface area (Å²) in [6, 6.07) is 12.5. The van der Waals surface area contributed by atoms with Gasteiger partial charge in [0.2, 0.25) is 5.91 Å². The molecule has 0 aliphatic carbocycles. The first-order valence-corrected chi connectivity index (χ1v) is 14.2. The summed E-state index contributed by atoms with van der Waals surface area (Å²) in [6.45, 7) is 10.4. The lowest BCUT2D eigenvalue weighted by Crippen LogP contribution is -2.48. The third kappa shape index (κ3) is 9.28. The van der Waals surface area contributed by atoms with Gasteiger partial charge in [0.15, 0.2) is 0 Å². The van der Waals surface area contributed by atoms with Crippen LogP contribution < -0.4 is 15.4 Å². The Hall–Kier alpha value is -3.55. The third-order valence-electron chi connectivity index (χ3n) is 6.91. The van der Waals surface area contributed by atoms with Gasteiger partial charge in [0.1, 0.15) is 24.5 Å². The number of carbonyl (C=O) groups is 3. The summed E-state index contributed by atoms with van der Waals surface area (Å²) >= 11 is 0. The molecule has 1 aliphatic rings. The highest BCUT2D eigenvalue weighted by molar-refractivity contribution is 5.86. The maximum Gasteiger partial charge on any atom is 0.408 e. The zero-order valence-electron chi connectivity index (χ0n) is 24.6. The number of methoxy groups -OCH3 is 1. The predicted octanol–water partition coefficient (Wildman–Crippen LogP) is 5.80. The maximum absolute atomic E-state index is 13.7. The van der Waals surface area contributed by atoms with Gasteiger partial charge in [-0.15, -0.1) is 0 Å². The zero-order chi connectivity index (χ0) is 29.2. The summed E-state index contributed by atoms with van der Waals surface area (Å²) in [4.78, 5) is 38.3. The van der Waals surface area contributed by atoms with E-state index >= 15 is 0 Å². The summed E-state index contributed by atoms with van der Waals surface area (Å²) in [5.41, 5.74) is 3.91. The number of hydrogen-bond acceptors (Lipinski definition) is 6. The lowest BCUT2D eigenvalue weighted by molar-refractivity contribution is -0.142. The monoisotopic (exact) mass is 552 g/mol. The maximum atomic E-state index is 13.7. The molecule has 0 saturated heterocycles. The Kier molecular flexibility index (Phi) is 11.4.